The van der Waals surface area contributed by atoms with Gasteiger partial charge < -0.3 is 15.2 Å². The molecule has 2 aromatic carbocycles. The molecule has 3 rings (SSSR count). The number of aryl methyl sites for hydroxylation is 2. The first kappa shape index (κ1) is 20.2. The standard InChI is InChI=1S/C20H21ClN4O2S/c1-12-5-4-6-13(2)19(12)24-17(26)10-25(3)18(27)11-28-20-22-15-8-7-14(21)9-16(15)23-20/h4-9H,10-11H2,1-3H3,(H,22,23)(H,24,26). The van der Waals surface area contributed by atoms with Crippen LogP contribution in [0.25, 0.3) is 11.0 Å². The summed E-state index contributed by atoms with van der Waals surface area (Å²) >= 11 is 7.26. The van der Waals surface area contributed by atoms with Gasteiger partial charge in [-0.15, -0.1) is 0 Å². The van der Waals surface area contributed by atoms with Crippen LogP contribution in [-0.2, 0) is 9.59 Å². The van der Waals surface area contributed by atoms with E-state index in [2.05, 4.69) is 15.3 Å². The second-order valence-corrected chi connectivity index (χ2v) is 7.96. The number of H-pyrrole nitrogens is 1. The molecule has 0 atom stereocenters. The van der Waals surface area contributed by atoms with Crippen LogP contribution < -0.4 is 5.32 Å². The number of likely N-dealkylation sites (N-methyl/N-ethyl adjacent to an activating group) is 1. The molecule has 3 aromatic rings. The molecular weight excluding hydrogens is 396 g/mol. The van der Waals surface area contributed by atoms with Gasteiger partial charge in [0, 0.05) is 17.8 Å². The highest BCUT2D eigenvalue weighted by molar-refractivity contribution is 7.99. The van der Waals surface area contributed by atoms with E-state index in [1.165, 1.54) is 16.7 Å². The SMILES string of the molecule is Cc1cccc(C)c1NC(=O)CN(C)C(=O)CSc1nc2ccc(Cl)cc2[nH]1. The molecular formula is C20H21ClN4O2S. The molecule has 1 aromatic heterocycles. The number of hydrogen-bond acceptors (Lipinski definition) is 4. The number of halogens is 1. The summed E-state index contributed by atoms with van der Waals surface area (Å²) in [6.07, 6.45) is 0. The van der Waals surface area contributed by atoms with Crippen LogP contribution in [0.2, 0.25) is 5.02 Å². The Morgan fingerprint density at radius 2 is 1.93 bits per heavy atom. The fraction of sp³-hybridized carbons (Fsp3) is 0.250. The molecule has 28 heavy (non-hydrogen) atoms. The molecule has 0 unspecified atom stereocenters. The number of amides is 2. The maximum atomic E-state index is 12.4. The number of carbonyl (C=O) groups excluding carboxylic acids is 2. The Morgan fingerprint density at radius 1 is 1.21 bits per heavy atom. The van der Waals surface area contributed by atoms with Gasteiger partial charge in [0.05, 0.1) is 23.3 Å². The van der Waals surface area contributed by atoms with Gasteiger partial charge in [-0.2, -0.15) is 0 Å². The van der Waals surface area contributed by atoms with Crippen LogP contribution in [0.15, 0.2) is 41.6 Å². The van der Waals surface area contributed by atoms with Gasteiger partial charge in [0.25, 0.3) is 0 Å². The van der Waals surface area contributed by atoms with Gasteiger partial charge in [0.1, 0.15) is 0 Å². The van der Waals surface area contributed by atoms with Crippen LogP contribution in [0.1, 0.15) is 11.1 Å². The summed E-state index contributed by atoms with van der Waals surface area (Å²) in [5.74, 6) is -0.197. The molecule has 0 aliphatic rings. The van der Waals surface area contributed by atoms with Gasteiger partial charge in [-0.3, -0.25) is 9.59 Å². The number of imidazole rings is 1. The number of nitrogens with zero attached hydrogens (tertiary/aromatic N) is 2. The summed E-state index contributed by atoms with van der Waals surface area (Å²) in [7, 11) is 1.62. The normalized spacial score (nSPS) is 10.9. The van der Waals surface area contributed by atoms with E-state index in [9.17, 15) is 9.59 Å². The first-order valence-electron chi connectivity index (χ1n) is 8.71. The summed E-state index contributed by atoms with van der Waals surface area (Å²) in [4.78, 5) is 33.6. The molecule has 0 spiro atoms. The minimum Gasteiger partial charge on any atom is -0.336 e. The van der Waals surface area contributed by atoms with E-state index < -0.39 is 0 Å². The molecule has 0 saturated heterocycles. The Bertz CT molecular complexity index is 1010. The predicted molar refractivity (Wildman–Crippen MR) is 114 cm³/mol. The molecule has 2 N–H and O–H groups in total. The molecule has 0 aliphatic carbocycles. The number of nitrogens with one attached hydrogen (secondary N) is 2. The van der Waals surface area contributed by atoms with Gasteiger partial charge in [-0.05, 0) is 43.2 Å². The highest BCUT2D eigenvalue weighted by Gasteiger charge is 2.15. The molecule has 2 amide bonds. The number of para-hydroxylation sites is 1. The second-order valence-electron chi connectivity index (χ2n) is 6.56. The Balaban J connectivity index is 1.54. The molecule has 146 valence electrons. The van der Waals surface area contributed by atoms with Crippen molar-refractivity contribution in [2.75, 3.05) is 24.7 Å². The zero-order valence-corrected chi connectivity index (χ0v) is 17.4. The van der Waals surface area contributed by atoms with Crippen molar-refractivity contribution < 1.29 is 9.59 Å². The zero-order valence-electron chi connectivity index (χ0n) is 15.9. The lowest BCUT2D eigenvalue weighted by Gasteiger charge is -2.17. The van der Waals surface area contributed by atoms with Crippen molar-refractivity contribution in [3.05, 3.63) is 52.5 Å². The highest BCUT2D eigenvalue weighted by Crippen LogP contribution is 2.22. The van der Waals surface area contributed by atoms with Crippen molar-refractivity contribution in [1.82, 2.24) is 14.9 Å². The van der Waals surface area contributed by atoms with Crippen LogP contribution >= 0.6 is 23.4 Å². The smallest absolute Gasteiger partial charge is 0.243 e. The molecule has 0 fully saturated rings. The molecule has 0 bridgehead atoms. The van der Waals surface area contributed by atoms with Crippen LogP contribution in [-0.4, -0.2) is 46.0 Å². The number of benzene rings is 2. The number of aromatic nitrogens is 2. The summed E-state index contributed by atoms with van der Waals surface area (Å²) in [5.41, 5.74) is 4.39. The third kappa shape index (κ3) is 4.85. The summed E-state index contributed by atoms with van der Waals surface area (Å²) in [6, 6.07) is 11.2. The number of aromatic amines is 1. The van der Waals surface area contributed by atoms with Crippen molar-refractivity contribution in [2.24, 2.45) is 0 Å². The van der Waals surface area contributed by atoms with Gasteiger partial charge >= 0.3 is 0 Å². The maximum Gasteiger partial charge on any atom is 0.243 e. The molecule has 0 saturated carbocycles. The first-order chi connectivity index (χ1) is 13.3. The number of fused-ring (bicyclic) bond motifs is 1. The van der Waals surface area contributed by atoms with Crippen LogP contribution in [0.5, 0.6) is 0 Å². The number of rotatable bonds is 6. The van der Waals surface area contributed by atoms with Crippen molar-refractivity contribution in [3.8, 4) is 0 Å². The Kier molecular flexibility index (Phi) is 6.26. The molecule has 6 nitrogen and oxygen atoms in total. The van der Waals surface area contributed by atoms with Crippen LogP contribution in [0.3, 0.4) is 0 Å². The lowest BCUT2D eigenvalue weighted by molar-refractivity contribution is -0.131. The Labute approximate surface area is 172 Å². The van der Waals surface area contributed by atoms with Gasteiger partial charge in [0.2, 0.25) is 11.8 Å². The van der Waals surface area contributed by atoms with E-state index in [-0.39, 0.29) is 24.1 Å². The van der Waals surface area contributed by atoms with E-state index >= 15 is 0 Å². The third-order valence-corrected chi connectivity index (χ3v) is 5.40. The summed E-state index contributed by atoms with van der Waals surface area (Å²) in [5, 5.41) is 4.15. The van der Waals surface area contributed by atoms with Gasteiger partial charge in [-0.1, -0.05) is 41.6 Å². The molecule has 0 radical (unpaired) electrons. The van der Waals surface area contributed by atoms with E-state index in [1.54, 1.807) is 19.2 Å². The number of hydrogen-bond donors (Lipinski definition) is 2. The molecule has 8 heteroatoms. The number of thioether (sulfide) groups is 1. The van der Waals surface area contributed by atoms with Crippen molar-refractivity contribution in [1.29, 1.82) is 0 Å². The molecule has 0 aliphatic heterocycles. The predicted octanol–water partition coefficient (Wildman–Crippen LogP) is 4.02. The average Bonchev–Trinajstić information content (AvgIpc) is 3.04. The lowest BCUT2D eigenvalue weighted by atomic mass is 10.1. The van der Waals surface area contributed by atoms with Crippen LogP contribution in [0, 0.1) is 13.8 Å². The third-order valence-electron chi connectivity index (χ3n) is 4.31. The number of anilines is 1. The van der Waals surface area contributed by atoms with Gasteiger partial charge in [-0.25, -0.2) is 4.98 Å². The van der Waals surface area contributed by atoms with Gasteiger partial charge in [0.15, 0.2) is 5.16 Å². The Hall–Kier alpha value is -2.51. The van der Waals surface area contributed by atoms with E-state index in [0.717, 1.165) is 27.8 Å². The van der Waals surface area contributed by atoms with Crippen molar-refractivity contribution in [2.45, 2.75) is 19.0 Å². The van der Waals surface area contributed by atoms with E-state index in [1.807, 2.05) is 38.1 Å². The topological polar surface area (TPSA) is 78.1 Å². The fourth-order valence-corrected chi connectivity index (χ4v) is 3.76. The lowest BCUT2D eigenvalue weighted by Crippen LogP contribution is -2.36. The zero-order chi connectivity index (χ0) is 20.3. The van der Waals surface area contributed by atoms with Crippen molar-refractivity contribution >= 4 is 51.9 Å². The highest BCUT2D eigenvalue weighted by atomic mass is 35.5. The monoisotopic (exact) mass is 416 g/mol. The quantitative estimate of drug-likeness (QED) is 0.595. The first-order valence-corrected chi connectivity index (χ1v) is 10.1. The average molecular weight is 417 g/mol. The Morgan fingerprint density at radius 3 is 2.64 bits per heavy atom. The summed E-state index contributed by atoms with van der Waals surface area (Å²) in [6.45, 7) is 3.87. The van der Waals surface area contributed by atoms with Crippen LogP contribution in [0.4, 0.5) is 5.69 Å². The minimum absolute atomic E-state index is 0.0110. The largest absolute Gasteiger partial charge is 0.336 e. The fourth-order valence-electron chi connectivity index (χ4n) is 2.76. The van der Waals surface area contributed by atoms with E-state index in [0.29, 0.717) is 10.2 Å². The summed E-state index contributed by atoms with van der Waals surface area (Å²) < 4.78 is 0. The molecule has 1 heterocycles. The van der Waals surface area contributed by atoms with Crippen molar-refractivity contribution in [3.63, 3.8) is 0 Å². The maximum absolute atomic E-state index is 12.4. The minimum atomic E-state index is -0.225. The number of carbonyl (C=O) groups is 2. The second kappa shape index (κ2) is 8.67. The van der Waals surface area contributed by atoms with E-state index in [4.69, 9.17) is 11.6 Å².